The molecule has 0 spiro atoms. The number of urea groups is 1. The molecule has 0 aliphatic heterocycles. The van der Waals surface area contributed by atoms with Crippen LogP contribution in [0.2, 0.25) is 0 Å². The molecule has 1 unspecified atom stereocenters. The fourth-order valence-corrected chi connectivity index (χ4v) is 1.55. The van der Waals surface area contributed by atoms with Crippen LogP contribution in [0.3, 0.4) is 0 Å². The van der Waals surface area contributed by atoms with Gasteiger partial charge in [0.15, 0.2) is 6.10 Å². The van der Waals surface area contributed by atoms with E-state index >= 15 is 0 Å². The van der Waals surface area contributed by atoms with E-state index in [0.29, 0.717) is 5.56 Å². The van der Waals surface area contributed by atoms with Gasteiger partial charge in [0.1, 0.15) is 0 Å². The number of rotatable bonds is 4. The molecule has 0 radical (unpaired) electrons. The van der Waals surface area contributed by atoms with Crippen LogP contribution in [0.1, 0.15) is 22.8 Å². The number of carbonyl (C=O) groups is 3. The van der Waals surface area contributed by atoms with Gasteiger partial charge in [-0.25, -0.2) is 9.59 Å². The summed E-state index contributed by atoms with van der Waals surface area (Å²) in [7, 11) is 1.33. The van der Waals surface area contributed by atoms with Crippen LogP contribution in [-0.4, -0.2) is 36.0 Å². The highest BCUT2D eigenvalue weighted by Gasteiger charge is 2.21. The molecule has 0 fully saturated rings. The second-order valence-electron chi connectivity index (χ2n) is 4.37. The molecule has 0 aliphatic carbocycles. The molecule has 1 aromatic rings. The molecule has 2 N–H and O–H groups in total. The van der Waals surface area contributed by atoms with E-state index in [1.165, 1.54) is 39.1 Å². The summed E-state index contributed by atoms with van der Waals surface area (Å²) in [6.07, 6.45) is -1.19. The molecule has 0 heterocycles. The Balaban J connectivity index is 2.77. The number of aryl methyl sites for hydroxylation is 1. The number of amides is 3. The lowest BCUT2D eigenvalue weighted by Gasteiger charge is -2.12. The number of hydrogen-bond donors (Lipinski definition) is 2. The van der Waals surface area contributed by atoms with Crippen molar-refractivity contribution in [3.8, 4) is 0 Å². The summed E-state index contributed by atoms with van der Waals surface area (Å²) in [6, 6.07) is 2.99. The van der Waals surface area contributed by atoms with Crippen LogP contribution in [0, 0.1) is 17.0 Å². The second-order valence-corrected chi connectivity index (χ2v) is 4.37. The third kappa shape index (κ3) is 4.27. The monoisotopic (exact) mass is 309 g/mol. The maximum atomic E-state index is 11.9. The van der Waals surface area contributed by atoms with Crippen molar-refractivity contribution in [1.82, 2.24) is 10.6 Å². The largest absolute Gasteiger partial charge is 0.449 e. The number of nitro groups is 1. The van der Waals surface area contributed by atoms with Gasteiger partial charge < -0.3 is 10.1 Å². The lowest BCUT2D eigenvalue weighted by molar-refractivity contribution is -0.385. The highest BCUT2D eigenvalue weighted by atomic mass is 16.6. The Morgan fingerprint density at radius 1 is 1.32 bits per heavy atom. The van der Waals surface area contributed by atoms with Gasteiger partial charge in [-0.3, -0.25) is 20.2 Å². The molecule has 0 bridgehead atoms. The molecule has 1 aromatic carbocycles. The Kier molecular flexibility index (Phi) is 5.56. The number of hydrogen-bond acceptors (Lipinski definition) is 6. The minimum atomic E-state index is -1.19. The summed E-state index contributed by atoms with van der Waals surface area (Å²) >= 11 is 0. The fraction of sp³-hybridized carbons (Fsp3) is 0.308. The quantitative estimate of drug-likeness (QED) is 0.483. The zero-order valence-electron chi connectivity index (χ0n) is 12.2. The van der Waals surface area contributed by atoms with Gasteiger partial charge in [-0.15, -0.1) is 0 Å². The average molecular weight is 309 g/mol. The molecular weight excluding hydrogens is 294 g/mol. The van der Waals surface area contributed by atoms with Gasteiger partial charge in [0.2, 0.25) is 0 Å². The second kappa shape index (κ2) is 7.16. The Labute approximate surface area is 125 Å². The summed E-state index contributed by atoms with van der Waals surface area (Å²) < 4.78 is 4.90. The van der Waals surface area contributed by atoms with Crippen LogP contribution in [0.4, 0.5) is 10.5 Å². The summed E-state index contributed by atoms with van der Waals surface area (Å²) in [6.45, 7) is 2.78. The first-order valence-corrected chi connectivity index (χ1v) is 6.25. The first-order valence-electron chi connectivity index (χ1n) is 6.25. The summed E-state index contributed by atoms with van der Waals surface area (Å²) in [4.78, 5) is 44.5. The summed E-state index contributed by atoms with van der Waals surface area (Å²) in [5.74, 6) is -1.61. The molecule has 1 rings (SSSR count). The Morgan fingerprint density at radius 2 is 1.95 bits per heavy atom. The van der Waals surface area contributed by atoms with Crippen molar-refractivity contribution in [1.29, 1.82) is 0 Å². The maximum absolute atomic E-state index is 11.9. The molecule has 3 amide bonds. The van der Waals surface area contributed by atoms with Gasteiger partial charge in [0, 0.05) is 18.7 Å². The third-order valence-electron chi connectivity index (χ3n) is 2.75. The highest BCUT2D eigenvalue weighted by molar-refractivity contribution is 5.98. The van der Waals surface area contributed by atoms with Crippen molar-refractivity contribution in [2.75, 3.05) is 7.05 Å². The van der Waals surface area contributed by atoms with Crippen LogP contribution in [-0.2, 0) is 9.53 Å². The lowest BCUT2D eigenvalue weighted by atomic mass is 10.1. The minimum Gasteiger partial charge on any atom is -0.449 e. The topological polar surface area (TPSA) is 128 Å². The lowest BCUT2D eigenvalue weighted by Crippen LogP contribution is -2.43. The van der Waals surface area contributed by atoms with Crippen molar-refractivity contribution >= 4 is 23.6 Å². The zero-order valence-corrected chi connectivity index (χ0v) is 12.2. The van der Waals surface area contributed by atoms with Gasteiger partial charge in [-0.05, 0) is 26.0 Å². The zero-order chi connectivity index (χ0) is 16.9. The average Bonchev–Trinajstić information content (AvgIpc) is 2.46. The molecular formula is C13H15N3O6. The molecule has 0 saturated heterocycles. The molecule has 22 heavy (non-hydrogen) atoms. The van der Waals surface area contributed by atoms with Crippen molar-refractivity contribution < 1.29 is 24.0 Å². The van der Waals surface area contributed by atoms with Crippen molar-refractivity contribution in [2.45, 2.75) is 20.0 Å². The van der Waals surface area contributed by atoms with E-state index < -0.39 is 28.9 Å². The third-order valence-corrected chi connectivity index (χ3v) is 2.75. The molecule has 9 nitrogen and oxygen atoms in total. The number of esters is 1. The van der Waals surface area contributed by atoms with Crippen LogP contribution >= 0.6 is 0 Å². The van der Waals surface area contributed by atoms with E-state index in [-0.39, 0.29) is 11.3 Å². The number of nitro benzene ring substituents is 1. The molecule has 9 heteroatoms. The smallest absolute Gasteiger partial charge is 0.338 e. The molecule has 0 aliphatic rings. The van der Waals surface area contributed by atoms with E-state index in [1.54, 1.807) is 0 Å². The van der Waals surface area contributed by atoms with E-state index in [0.717, 1.165) is 0 Å². The Hall–Kier alpha value is -2.97. The van der Waals surface area contributed by atoms with Crippen LogP contribution in [0.25, 0.3) is 0 Å². The highest BCUT2D eigenvalue weighted by Crippen LogP contribution is 2.19. The summed E-state index contributed by atoms with van der Waals surface area (Å²) in [5, 5.41) is 14.9. The predicted molar refractivity (Wildman–Crippen MR) is 75.3 cm³/mol. The van der Waals surface area contributed by atoms with Gasteiger partial charge in [0.25, 0.3) is 11.6 Å². The van der Waals surface area contributed by atoms with Crippen LogP contribution < -0.4 is 10.6 Å². The van der Waals surface area contributed by atoms with Gasteiger partial charge in [-0.1, -0.05) is 0 Å². The van der Waals surface area contributed by atoms with Crippen molar-refractivity contribution in [2.24, 2.45) is 0 Å². The number of benzene rings is 1. The first kappa shape index (κ1) is 17.1. The molecule has 1 atom stereocenters. The van der Waals surface area contributed by atoms with Crippen LogP contribution in [0.5, 0.6) is 0 Å². The number of carbonyl (C=O) groups excluding carboxylic acids is 3. The van der Waals surface area contributed by atoms with E-state index in [9.17, 15) is 24.5 Å². The number of nitrogens with one attached hydrogen (secondary N) is 2. The van der Waals surface area contributed by atoms with Crippen molar-refractivity contribution in [3.05, 3.63) is 39.4 Å². The molecule has 118 valence electrons. The van der Waals surface area contributed by atoms with Gasteiger partial charge >= 0.3 is 12.0 Å². The van der Waals surface area contributed by atoms with Crippen LogP contribution in [0.15, 0.2) is 18.2 Å². The molecule has 0 saturated carbocycles. The number of imide groups is 1. The molecule has 0 aromatic heterocycles. The standard InChI is InChI=1S/C13H15N3O6/c1-7-6-9(4-5-10(7)16(20)21)12(18)22-8(2)11(17)15-13(19)14-3/h4-6,8H,1-3H3,(H2,14,15,17,19). The normalized spacial score (nSPS) is 11.2. The van der Waals surface area contributed by atoms with Crippen molar-refractivity contribution in [3.63, 3.8) is 0 Å². The predicted octanol–water partition coefficient (Wildman–Crippen LogP) is 0.904. The van der Waals surface area contributed by atoms with E-state index in [1.807, 2.05) is 5.32 Å². The van der Waals surface area contributed by atoms with Gasteiger partial charge in [-0.2, -0.15) is 0 Å². The SMILES string of the molecule is CNC(=O)NC(=O)C(C)OC(=O)c1ccc([N+](=O)[O-])c(C)c1. The summed E-state index contributed by atoms with van der Waals surface area (Å²) in [5.41, 5.74) is 0.242. The minimum absolute atomic E-state index is 0.0719. The number of nitrogens with zero attached hydrogens (tertiary/aromatic N) is 1. The first-order chi connectivity index (χ1) is 10.3. The Bertz CT molecular complexity index is 628. The van der Waals surface area contributed by atoms with E-state index in [2.05, 4.69) is 5.32 Å². The Morgan fingerprint density at radius 3 is 2.45 bits per heavy atom. The number of ether oxygens (including phenoxy) is 1. The van der Waals surface area contributed by atoms with E-state index in [4.69, 9.17) is 4.74 Å². The fourth-order valence-electron chi connectivity index (χ4n) is 1.55. The maximum Gasteiger partial charge on any atom is 0.338 e. The van der Waals surface area contributed by atoms with Gasteiger partial charge in [0.05, 0.1) is 10.5 Å².